The highest BCUT2D eigenvalue weighted by molar-refractivity contribution is 5.25. The van der Waals surface area contributed by atoms with Crippen molar-refractivity contribution < 1.29 is 4.74 Å². The van der Waals surface area contributed by atoms with E-state index >= 15 is 0 Å². The fourth-order valence-electron chi connectivity index (χ4n) is 5.37. The van der Waals surface area contributed by atoms with Gasteiger partial charge < -0.3 is 4.74 Å². The largest absolute Gasteiger partial charge is 0.373 e. The van der Waals surface area contributed by atoms with E-state index in [1.165, 1.54) is 63.4 Å². The Morgan fingerprint density at radius 3 is 2.00 bits per heavy atom. The Labute approximate surface area is 173 Å². The van der Waals surface area contributed by atoms with Crippen molar-refractivity contribution in [2.45, 2.75) is 84.2 Å². The van der Waals surface area contributed by atoms with Gasteiger partial charge in [0.25, 0.3) is 0 Å². The van der Waals surface area contributed by atoms with Gasteiger partial charge in [0.1, 0.15) is 0 Å². The molecule has 2 saturated carbocycles. The lowest BCUT2D eigenvalue weighted by Crippen LogP contribution is -2.25. The summed E-state index contributed by atoms with van der Waals surface area (Å²) in [5.41, 5.74) is 2.84. The Balaban J connectivity index is 1.40. The van der Waals surface area contributed by atoms with Crippen molar-refractivity contribution in [2.24, 2.45) is 17.8 Å². The molecule has 0 aromatic heterocycles. The van der Waals surface area contributed by atoms with Crippen LogP contribution in [0.4, 0.5) is 0 Å². The first-order valence-electron chi connectivity index (χ1n) is 11.7. The standard InChI is InChI=1S/C27H40O/c1-3-5-7-22-8-12-24(13-9-22)26-16-18-27(19-17-26)25-14-10-23(11-15-25)21-28-20-6-4-2/h3-6,10-11,14-15,22,24,26-27H,7-9,12-13,16-21H2,1-2H3/b5-3+,6-4+. The van der Waals surface area contributed by atoms with E-state index in [2.05, 4.69) is 49.4 Å². The lowest BCUT2D eigenvalue weighted by molar-refractivity contribution is 0.148. The molecule has 0 N–H and O–H groups in total. The van der Waals surface area contributed by atoms with Gasteiger partial charge in [0.15, 0.2) is 0 Å². The summed E-state index contributed by atoms with van der Waals surface area (Å²) in [6.45, 7) is 5.60. The molecule has 1 nitrogen and oxygen atoms in total. The number of ether oxygens (including phenoxy) is 1. The summed E-state index contributed by atoms with van der Waals surface area (Å²) in [5.74, 6) is 3.75. The first-order chi connectivity index (χ1) is 13.8. The predicted octanol–water partition coefficient (Wildman–Crippen LogP) is 7.83. The van der Waals surface area contributed by atoms with Crippen LogP contribution in [0.3, 0.4) is 0 Å². The van der Waals surface area contributed by atoms with Crippen LogP contribution < -0.4 is 0 Å². The van der Waals surface area contributed by atoms with Crippen LogP contribution in [0.2, 0.25) is 0 Å². The fraction of sp³-hybridized carbons (Fsp3) is 0.630. The minimum atomic E-state index is 0.708. The predicted molar refractivity (Wildman–Crippen MR) is 120 cm³/mol. The number of rotatable bonds is 8. The average molecular weight is 381 g/mol. The summed E-state index contributed by atoms with van der Waals surface area (Å²) < 4.78 is 5.67. The molecule has 3 rings (SSSR count). The van der Waals surface area contributed by atoms with Gasteiger partial charge >= 0.3 is 0 Å². The average Bonchev–Trinajstić information content (AvgIpc) is 2.76. The lowest BCUT2D eigenvalue weighted by atomic mass is 9.68. The third kappa shape index (κ3) is 6.34. The van der Waals surface area contributed by atoms with Crippen LogP contribution in [0.25, 0.3) is 0 Å². The monoisotopic (exact) mass is 380 g/mol. The van der Waals surface area contributed by atoms with Crippen LogP contribution in [0.5, 0.6) is 0 Å². The maximum absolute atomic E-state index is 5.67. The Morgan fingerprint density at radius 2 is 1.39 bits per heavy atom. The van der Waals surface area contributed by atoms with Crippen LogP contribution in [-0.2, 0) is 11.3 Å². The SMILES string of the molecule is C/C=C/COCc1ccc(C2CCC(C3CCC(C/C=C/C)CC3)CC2)cc1. The molecular weight excluding hydrogens is 340 g/mol. The van der Waals surface area contributed by atoms with Gasteiger partial charge in [-0.3, -0.25) is 0 Å². The molecule has 2 aliphatic carbocycles. The molecule has 2 aliphatic rings. The Bertz CT molecular complexity index is 596. The van der Waals surface area contributed by atoms with Crippen molar-refractivity contribution >= 4 is 0 Å². The smallest absolute Gasteiger partial charge is 0.0721 e. The molecule has 0 saturated heterocycles. The zero-order valence-electron chi connectivity index (χ0n) is 18.1. The highest BCUT2D eigenvalue weighted by Gasteiger charge is 2.30. The molecule has 0 unspecified atom stereocenters. The number of hydrogen-bond donors (Lipinski definition) is 0. The molecule has 1 heteroatoms. The van der Waals surface area contributed by atoms with Crippen molar-refractivity contribution in [1.29, 1.82) is 0 Å². The van der Waals surface area contributed by atoms with E-state index in [9.17, 15) is 0 Å². The summed E-state index contributed by atoms with van der Waals surface area (Å²) in [6.07, 6.45) is 21.6. The van der Waals surface area contributed by atoms with E-state index < -0.39 is 0 Å². The zero-order chi connectivity index (χ0) is 19.6. The number of hydrogen-bond acceptors (Lipinski definition) is 1. The molecule has 1 aromatic rings. The maximum Gasteiger partial charge on any atom is 0.0721 e. The summed E-state index contributed by atoms with van der Waals surface area (Å²) in [6, 6.07) is 9.24. The third-order valence-corrected chi connectivity index (χ3v) is 7.20. The van der Waals surface area contributed by atoms with Crippen LogP contribution in [0.1, 0.15) is 88.7 Å². The Kier molecular flexibility index (Phi) is 8.86. The van der Waals surface area contributed by atoms with Crippen molar-refractivity contribution in [3.63, 3.8) is 0 Å². The third-order valence-electron chi connectivity index (χ3n) is 7.20. The first-order valence-corrected chi connectivity index (χ1v) is 11.7. The van der Waals surface area contributed by atoms with Crippen LogP contribution in [0.15, 0.2) is 48.6 Å². The van der Waals surface area contributed by atoms with E-state index in [1.807, 2.05) is 13.0 Å². The summed E-state index contributed by atoms with van der Waals surface area (Å²) in [7, 11) is 0. The molecule has 0 radical (unpaired) electrons. The maximum atomic E-state index is 5.67. The van der Waals surface area contributed by atoms with E-state index in [0.29, 0.717) is 13.2 Å². The van der Waals surface area contributed by atoms with E-state index in [-0.39, 0.29) is 0 Å². The lowest BCUT2D eigenvalue weighted by Gasteiger charge is -2.38. The highest BCUT2D eigenvalue weighted by atomic mass is 16.5. The Hall–Kier alpha value is -1.34. The Morgan fingerprint density at radius 1 is 0.786 bits per heavy atom. The van der Waals surface area contributed by atoms with Gasteiger partial charge in [-0.05, 0) is 106 Å². The van der Waals surface area contributed by atoms with Crippen molar-refractivity contribution in [1.82, 2.24) is 0 Å². The van der Waals surface area contributed by atoms with Crippen molar-refractivity contribution in [3.05, 3.63) is 59.7 Å². The van der Waals surface area contributed by atoms with E-state index in [4.69, 9.17) is 4.74 Å². The molecule has 0 aliphatic heterocycles. The van der Waals surface area contributed by atoms with Gasteiger partial charge in [0.2, 0.25) is 0 Å². The normalized spacial score (nSPS) is 28.9. The molecule has 0 spiro atoms. The van der Waals surface area contributed by atoms with Crippen LogP contribution in [0, 0.1) is 17.8 Å². The second-order valence-electron chi connectivity index (χ2n) is 9.02. The quantitative estimate of drug-likeness (QED) is 0.330. The molecular formula is C27H40O. The summed E-state index contributed by atoms with van der Waals surface area (Å²) in [4.78, 5) is 0. The van der Waals surface area contributed by atoms with Crippen molar-refractivity contribution in [2.75, 3.05) is 6.61 Å². The minimum absolute atomic E-state index is 0.708. The highest BCUT2D eigenvalue weighted by Crippen LogP contribution is 2.44. The van der Waals surface area contributed by atoms with Crippen LogP contribution >= 0.6 is 0 Å². The van der Waals surface area contributed by atoms with Gasteiger partial charge in [-0.1, -0.05) is 48.6 Å². The second kappa shape index (κ2) is 11.6. The molecule has 154 valence electrons. The van der Waals surface area contributed by atoms with Gasteiger partial charge in [-0.15, -0.1) is 0 Å². The van der Waals surface area contributed by atoms with Gasteiger partial charge in [0.05, 0.1) is 13.2 Å². The minimum Gasteiger partial charge on any atom is -0.373 e. The summed E-state index contributed by atoms with van der Waals surface area (Å²) >= 11 is 0. The molecule has 1 aromatic carbocycles. The van der Waals surface area contributed by atoms with E-state index in [0.717, 1.165) is 23.7 Å². The zero-order valence-corrected chi connectivity index (χ0v) is 18.1. The topological polar surface area (TPSA) is 9.23 Å². The van der Waals surface area contributed by atoms with Crippen LogP contribution in [-0.4, -0.2) is 6.61 Å². The van der Waals surface area contributed by atoms with Gasteiger partial charge in [-0.25, -0.2) is 0 Å². The molecule has 2 fully saturated rings. The van der Waals surface area contributed by atoms with Crippen molar-refractivity contribution in [3.8, 4) is 0 Å². The molecule has 0 atom stereocenters. The van der Waals surface area contributed by atoms with Gasteiger partial charge in [0, 0.05) is 0 Å². The van der Waals surface area contributed by atoms with E-state index in [1.54, 1.807) is 5.56 Å². The molecule has 0 bridgehead atoms. The molecule has 0 amide bonds. The molecule has 0 heterocycles. The number of allylic oxidation sites excluding steroid dienone is 3. The fourth-order valence-corrected chi connectivity index (χ4v) is 5.37. The van der Waals surface area contributed by atoms with Gasteiger partial charge in [-0.2, -0.15) is 0 Å². The first kappa shape index (κ1) is 21.4. The number of benzene rings is 1. The second-order valence-corrected chi connectivity index (χ2v) is 9.02. The molecule has 28 heavy (non-hydrogen) atoms. The summed E-state index contributed by atoms with van der Waals surface area (Å²) in [5, 5.41) is 0.